The van der Waals surface area contributed by atoms with Crippen LogP contribution >= 0.6 is 11.6 Å². The number of nitrogens with one attached hydrogen (secondary N) is 2. The van der Waals surface area contributed by atoms with Crippen LogP contribution in [0, 0.1) is 6.92 Å². The molecule has 2 N–H and O–H groups in total. The molecule has 110 valence electrons. The van der Waals surface area contributed by atoms with Gasteiger partial charge in [-0.15, -0.1) is 0 Å². The van der Waals surface area contributed by atoms with Crippen molar-refractivity contribution in [2.24, 2.45) is 0 Å². The zero-order valence-corrected chi connectivity index (χ0v) is 12.4. The van der Waals surface area contributed by atoms with Crippen molar-refractivity contribution in [2.45, 2.75) is 6.92 Å². The Bertz CT molecular complexity index is 602. The monoisotopic (exact) mass is 305 g/mol. The largest absolute Gasteiger partial charge is 0.492 e. The molecular weight excluding hydrogens is 290 g/mol. The normalized spacial score (nSPS) is 10.0. The Morgan fingerprint density at radius 3 is 2.76 bits per heavy atom. The van der Waals surface area contributed by atoms with E-state index in [9.17, 15) is 4.79 Å². The first-order valence-corrected chi connectivity index (χ1v) is 6.87. The smallest absolute Gasteiger partial charge is 0.319 e. The third-order valence-electron chi connectivity index (χ3n) is 2.74. The number of carbonyl (C=O) groups is 1. The Hall–Kier alpha value is -2.27. The van der Waals surface area contributed by atoms with Crippen molar-refractivity contribution in [3.63, 3.8) is 0 Å². The van der Waals surface area contributed by atoms with Crippen LogP contribution in [0.5, 0.6) is 5.75 Å². The maximum atomic E-state index is 11.7. The molecule has 0 saturated heterocycles. The fourth-order valence-corrected chi connectivity index (χ4v) is 1.77. The van der Waals surface area contributed by atoms with Crippen LogP contribution in [0.25, 0.3) is 0 Å². The van der Waals surface area contributed by atoms with E-state index in [4.69, 9.17) is 16.3 Å². The van der Waals surface area contributed by atoms with Crippen molar-refractivity contribution >= 4 is 23.3 Å². The lowest BCUT2D eigenvalue weighted by atomic mass is 10.2. The minimum Gasteiger partial charge on any atom is -0.492 e. The Morgan fingerprint density at radius 1 is 1.29 bits per heavy atom. The van der Waals surface area contributed by atoms with E-state index in [1.165, 1.54) is 0 Å². The molecule has 2 aromatic rings. The van der Waals surface area contributed by atoms with E-state index in [2.05, 4.69) is 15.6 Å². The highest BCUT2D eigenvalue weighted by atomic mass is 35.5. The predicted octanol–water partition coefficient (Wildman–Crippen LogP) is 3.24. The summed E-state index contributed by atoms with van der Waals surface area (Å²) in [5, 5.41) is 6.13. The number of aromatic nitrogens is 1. The molecule has 0 saturated carbocycles. The predicted molar refractivity (Wildman–Crippen MR) is 82.9 cm³/mol. The van der Waals surface area contributed by atoms with Gasteiger partial charge in [-0.3, -0.25) is 4.98 Å². The van der Waals surface area contributed by atoms with E-state index in [1.54, 1.807) is 42.7 Å². The number of urea groups is 1. The van der Waals surface area contributed by atoms with Crippen LogP contribution in [-0.4, -0.2) is 24.2 Å². The Kier molecular flexibility index (Phi) is 5.40. The van der Waals surface area contributed by atoms with Gasteiger partial charge in [-0.2, -0.15) is 0 Å². The molecule has 0 aliphatic heterocycles. The van der Waals surface area contributed by atoms with Gasteiger partial charge >= 0.3 is 6.03 Å². The minimum atomic E-state index is -0.274. The molecule has 1 aromatic carbocycles. The number of anilines is 1. The number of aryl methyl sites for hydroxylation is 1. The van der Waals surface area contributed by atoms with Crippen LogP contribution in [0.4, 0.5) is 10.5 Å². The molecule has 0 aliphatic carbocycles. The summed E-state index contributed by atoms with van der Waals surface area (Å²) in [6.07, 6.45) is 3.32. The zero-order valence-electron chi connectivity index (χ0n) is 11.6. The maximum absolute atomic E-state index is 11.7. The fourth-order valence-electron chi connectivity index (χ4n) is 1.64. The number of benzene rings is 1. The molecule has 2 rings (SSSR count). The second-order valence-corrected chi connectivity index (χ2v) is 4.81. The van der Waals surface area contributed by atoms with Crippen LogP contribution in [-0.2, 0) is 0 Å². The topological polar surface area (TPSA) is 63.2 Å². The van der Waals surface area contributed by atoms with Crippen molar-refractivity contribution < 1.29 is 9.53 Å². The summed E-state index contributed by atoms with van der Waals surface area (Å²) in [6, 6.07) is 8.54. The van der Waals surface area contributed by atoms with Gasteiger partial charge < -0.3 is 15.4 Å². The molecule has 0 unspecified atom stereocenters. The molecule has 21 heavy (non-hydrogen) atoms. The number of amides is 2. The number of pyridine rings is 1. The van der Waals surface area contributed by atoms with Crippen molar-refractivity contribution in [3.8, 4) is 5.75 Å². The van der Waals surface area contributed by atoms with Crippen molar-refractivity contribution in [2.75, 3.05) is 18.5 Å². The highest BCUT2D eigenvalue weighted by Crippen LogP contribution is 2.15. The Balaban J connectivity index is 1.70. The quantitative estimate of drug-likeness (QED) is 0.834. The molecule has 0 bridgehead atoms. The molecule has 0 aliphatic rings. The highest BCUT2D eigenvalue weighted by Gasteiger charge is 2.03. The number of ether oxygens (including phenoxy) is 1. The lowest BCUT2D eigenvalue weighted by molar-refractivity contribution is 0.247. The number of hydrogen-bond donors (Lipinski definition) is 2. The number of halogens is 1. The van der Waals surface area contributed by atoms with Crippen LogP contribution in [0.1, 0.15) is 5.56 Å². The van der Waals surface area contributed by atoms with Crippen LogP contribution in [0.3, 0.4) is 0 Å². The van der Waals surface area contributed by atoms with Gasteiger partial charge in [0.2, 0.25) is 0 Å². The third kappa shape index (κ3) is 4.96. The summed E-state index contributed by atoms with van der Waals surface area (Å²) >= 11 is 5.78. The first-order chi connectivity index (χ1) is 10.1. The fraction of sp³-hybridized carbons (Fsp3) is 0.200. The van der Waals surface area contributed by atoms with Gasteiger partial charge in [0.25, 0.3) is 0 Å². The second kappa shape index (κ2) is 7.50. The molecule has 5 nitrogen and oxygen atoms in total. The number of carbonyl (C=O) groups excluding carboxylic acids is 1. The third-order valence-corrected chi connectivity index (χ3v) is 2.99. The zero-order chi connectivity index (χ0) is 15.1. The molecule has 1 heterocycles. The Morgan fingerprint density at radius 2 is 2.05 bits per heavy atom. The average Bonchev–Trinajstić information content (AvgIpc) is 2.48. The van der Waals surface area contributed by atoms with E-state index in [0.29, 0.717) is 23.9 Å². The summed E-state index contributed by atoms with van der Waals surface area (Å²) in [7, 11) is 0. The molecule has 0 spiro atoms. The van der Waals surface area contributed by atoms with E-state index in [1.807, 2.05) is 6.92 Å². The van der Waals surface area contributed by atoms with Crippen LogP contribution in [0.15, 0.2) is 42.7 Å². The molecular formula is C15H16ClN3O2. The maximum Gasteiger partial charge on any atom is 0.319 e. The van der Waals surface area contributed by atoms with Gasteiger partial charge in [-0.1, -0.05) is 11.6 Å². The molecule has 1 aromatic heterocycles. The average molecular weight is 306 g/mol. The first kappa shape index (κ1) is 15.1. The van der Waals surface area contributed by atoms with Crippen molar-refractivity contribution in [1.82, 2.24) is 10.3 Å². The van der Waals surface area contributed by atoms with E-state index in [-0.39, 0.29) is 6.03 Å². The summed E-state index contributed by atoms with van der Waals surface area (Å²) in [6.45, 7) is 2.66. The first-order valence-electron chi connectivity index (χ1n) is 6.49. The molecule has 0 radical (unpaired) electrons. The van der Waals surface area contributed by atoms with Gasteiger partial charge in [-0.05, 0) is 42.8 Å². The number of nitrogens with zero attached hydrogens (tertiary/aromatic N) is 1. The SMILES string of the molecule is Cc1cnccc1NC(=O)NCCOc1ccc(Cl)cc1. The summed E-state index contributed by atoms with van der Waals surface area (Å²) in [4.78, 5) is 15.7. The minimum absolute atomic E-state index is 0.274. The van der Waals surface area contributed by atoms with Crippen molar-refractivity contribution in [3.05, 3.63) is 53.3 Å². The second-order valence-electron chi connectivity index (χ2n) is 4.37. The van der Waals surface area contributed by atoms with E-state index < -0.39 is 0 Å². The lowest BCUT2D eigenvalue weighted by Gasteiger charge is -2.10. The van der Waals surface area contributed by atoms with Crippen LogP contribution in [0.2, 0.25) is 5.02 Å². The van der Waals surface area contributed by atoms with E-state index >= 15 is 0 Å². The number of rotatable bonds is 5. The lowest BCUT2D eigenvalue weighted by Crippen LogP contribution is -2.32. The summed E-state index contributed by atoms with van der Waals surface area (Å²) in [5.41, 5.74) is 1.64. The van der Waals surface area contributed by atoms with E-state index in [0.717, 1.165) is 11.3 Å². The molecule has 0 fully saturated rings. The standard InChI is InChI=1S/C15H16ClN3O2/c1-11-10-17-7-6-14(11)19-15(20)18-8-9-21-13-4-2-12(16)3-5-13/h2-7,10H,8-9H2,1H3,(H2,17,18,19,20). The summed E-state index contributed by atoms with van der Waals surface area (Å²) in [5.74, 6) is 0.714. The van der Waals surface area contributed by atoms with Gasteiger partial charge in [-0.25, -0.2) is 4.79 Å². The molecule has 0 atom stereocenters. The van der Waals surface area contributed by atoms with Gasteiger partial charge in [0.15, 0.2) is 0 Å². The van der Waals surface area contributed by atoms with Gasteiger partial charge in [0.1, 0.15) is 12.4 Å². The van der Waals surface area contributed by atoms with Gasteiger partial charge in [0.05, 0.1) is 6.54 Å². The molecule has 2 amide bonds. The molecule has 6 heteroatoms. The van der Waals surface area contributed by atoms with Crippen LogP contribution < -0.4 is 15.4 Å². The van der Waals surface area contributed by atoms with Crippen molar-refractivity contribution in [1.29, 1.82) is 0 Å². The Labute approximate surface area is 128 Å². The number of hydrogen-bond acceptors (Lipinski definition) is 3. The van der Waals surface area contributed by atoms with Gasteiger partial charge in [0, 0.05) is 23.1 Å². The highest BCUT2D eigenvalue weighted by molar-refractivity contribution is 6.30. The summed E-state index contributed by atoms with van der Waals surface area (Å²) < 4.78 is 5.47.